The predicted molar refractivity (Wildman–Crippen MR) is 43.3 cm³/mol. The van der Waals surface area contributed by atoms with E-state index in [0.29, 0.717) is 5.82 Å². The van der Waals surface area contributed by atoms with Crippen molar-refractivity contribution in [2.24, 2.45) is 0 Å². The second-order valence-electron chi connectivity index (χ2n) is 2.36. The molecule has 6 heteroatoms. The summed E-state index contributed by atoms with van der Waals surface area (Å²) in [6, 6.07) is 3.55. The molecule has 0 aromatic carbocycles. The van der Waals surface area contributed by atoms with Gasteiger partial charge in [-0.25, -0.2) is 0 Å². The van der Waals surface area contributed by atoms with Gasteiger partial charge in [-0.3, -0.25) is 4.98 Å². The topological polar surface area (TPSA) is 76.7 Å². The van der Waals surface area contributed by atoms with Crippen molar-refractivity contribution in [1.29, 1.82) is 0 Å². The monoisotopic (exact) mass is 177 g/mol. The maximum Gasteiger partial charge on any atom is 0.205 e. The molecule has 0 saturated heterocycles. The molecule has 0 unspecified atom stereocenters. The lowest BCUT2D eigenvalue weighted by Gasteiger charge is -1.90. The number of hydrogen-bond donors (Lipinski definition) is 1. The van der Waals surface area contributed by atoms with E-state index in [9.17, 15) is 0 Å². The van der Waals surface area contributed by atoms with Gasteiger partial charge in [-0.2, -0.15) is 0 Å². The van der Waals surface area contributed by atoms with Crippen molar-refractivity contribution in [3.63, 3.8) is 0 Å². The van der Waals surface area contributed by atoms with Crippen LogP contribution in [-0.4, -0.2) is 30.3 Å². The van der Waals surface area contributed by atoms with Gasteiger partial charge in [0, 0.05) is 18.0 Å². The summed E-state index contributed by atoms with van der Waals surface area (Å²) in [7, 11) is 0. The van der Waals surface area contributed by atoms with Gasteiger partial charge in [-0.05, 0) is 17.3 Å². The van der Waals surface area contributed by atoms with Gasteiger partial charge in [-0.15, -0.1) is 15.0 Å². The fourth-order valence-corrected chi connectivity index (χ4v) is 0.920. The van der Waals surface area contributed by atoms with Crippen LogP contribution in [0.5, 0.6) is 0 Å². The maximum atomic E-state index is 8.68. The third-order valence-corrected chi connectivity index (χ3v) is 1.52. The van der Waals surface area contributed by atoms with E-state index in [-0.39, 0.29) is 6.73 Å². The molecule has 0 aliphatic rings. The highest BCUT2D eigenvalue weighted by Gasteiger charge is 2.03. The average Bonchev–Trinajstić information content (AvgIpc) is 2.67. The van der Waals surface area contributed by atoms with E-state index in [2.05, 4.69) is 20.4 Å². The van der Waals surface area contributed by atoms with Crippen LogP contribution >= 0.6 is 0 Å². The van der Waals surface area contributed by atoms with E-state index in [1.807, 2.05) is 0 Å². The first kappa shape index (κ1) is 7.81. The lowest BCUT2D eigenvalue weighted by Crippen LogP contribution is -2.00. The van der Waals surface area contributed by atoms with Crippen molar-refractivity contribution >= 4 is 0 Å². The smallest absolute Gasteiger partial charge is 0.205 e. The van der Waals surface area contributed by atoms with Gasteiger partial charge >= 0.3 is 0 Å². The Labute approximate surface area is 73.9 Å². The molecule has 13 heavy (non-hydrogen) atoms. The second kappa shape index (κ2) is 3.28. The Balaban J connectivity index is 2.36. The molecule has 0 spiro atoms. The highest BCUT2D eigenvalue weighted by Crippen LogP contribution is 2.10. The Hall–Kier alpha value is -1.82. The van der Waals surface area contributed by atoms with Gasteiger partial charge < -0.3 is 5.11 Å². The molecule has 2 aromatic heterocycles. The Morgan fingerprint density at radius 1 is 1.31 bits per heavy atom. The summed E-state index contributed by atoms with van der Waals surface area (Å²) in [4.78, 5) is 4.97. The summed E-state index contributed by atoms with van der Waals surface area (Å²) in [6.45, 7) is -0.266. The third kappa shape index (κ3) is 1.52. The first-order valence-electron chi connectivity index (χ1n) is 3.69. The SMILES string of the molecule is OCn1nnc(-c2ccncc2)n1. The van der Waals surface area contributed by atoms with Crippen molar-refractivity contribution in [2.75, 3.05) is 0 Å². The van der Waals surface area contributed by atoms with E-state index < -0.39 is 0 Å². The van der Waals surface area contributed by atoms with Gasteiger partial charge in [0.15, 0.2) is 6.73 Å². The molecule has 0 aliphatic carbocycles. The number of rotatable bonds is 2. The summed E-state index contributed by atoms with van der Waals surface area (Å²) < 4.78 is 0. The lowest BCUT2D eigenvalue weighted by atomic mass is 10.3. The highest BCUT2D eigenvalue weighted by atomic mass is 16.3. The second-order valence-corrected chi connectivity index (χ2v) is 2.36. The third-order valence-electron chi connectivity index (χ3n) is 1.52. The summed E-state index contributed by atoms with van der Waals surface area (Å²) in [5.74, 6) is 0.483. The number of aliphatic hydroxyl groups excluding tert-OH is 1. The molecule has 1 N–H and O–H groups in total. The molecule has 2 heterocycles. The molecule has 0 saturated carbocycles. The van der Waals surface area contributed by atoms with Gasteiger partial charge in [0.25, 0.3) is 0 Å². The standard InChI is InChI=1S/C7H7N5O/c13-5-12-10-7(9-11-12)6-1-3-8-4-2-6/h1-4,13H,5H2. The average molecular weight is 177 g/mol. The number of aliphatic hydroxyl groups is 1. The van der Waals surface area contributed by atoms with Crippen LogP contribution in [0, 0.1) is 0 Å². The fourth-order valence-electron chi connectivity index (χ4n) is 0.920. The van der Waals surface area contributed by atoms with Crippen LogP contribution in [0.15, 0.2) is 24.5 Å². The number of pyridine rings is 1. The number of nitrogens with zero attached hydrogens (tertiary/aromatic N) is 5. The lowest BCUT2D eigenvalue weighted by molar-refractivity contribution is 0.175. The van der Waals surface area contributed by atoms with Crippen LogP contribution in [0.2, 0.25) is 0 Å². The highest BCUT2D eigenvalue weighted by molar-refractivity contribution is 5.51. The first-order valence-corrected chi connectivity index (χ1v) is 3.69. The Morgan fingerprint density at radius 2 is 2.08 bits per heavy atom. The van der Waals surface area contributed by atoms with Gasteiger partial charge in [-0.1, -0.05) is 0 Å². The van der Waals surface area contributed by atoms with Crippen LogP contribution in [0.1, 0.15) is 0 Å². The molecular weight excluding hydrogens is 170 g/mol. The van der Waals surface area contributed by atoms with Crippen LogP contribution < -0.4 is 0 Å². The molecule has 0 bridgehead atoms. The van der Waals surface area contributed by atoms with Crippen LogP contribution in [0.25, 0.3) is 11.4 Å². The number of tetrazole rings is 1. The van der Waals surface area contributed by atoms with E-state index in [1.165, 1.54) is 0 Å². The molecule has 0 amide bonds. The normalized spacial score (nSPS) is 10.2. The minimum absolute atomic E-state index is 0.266. The molecule has 2 rings (SSSR count). The molecule has 0 radical (unpaired) electrons. The quantitative estimate of drug-likeness (QED) is 0.680. The van der Waals surface area contributed by atoms with E-state index in [1.54, 1.807) is 24.5 Å². The maximum absolute atomic E-state index is 8.68. The molecular formula is C7H7N5O. The van der Waals surface area contributed by atoms with Gasteiger partial charge in [0.05, 0.1) is 0 Å². The van der Waals surface area contributed by atoms with E-state index in [0.717, 1.165) is 10.4 Å². The molecule has 6 nitrogen and oxygen atoms in total. The Kier molecular flexibility index (Phi) is 1.97. The fraction of sp³-hybridized carbons (Fsp3) is 0.143. The molecule has 0 fully saturated rings. The van der Waals surface area contributed by atoms with Crippen LogP contribution in [-0.2, 0) is 6.73 Å². The largest absolute Gasteiger partial charge is 0.373 e. The minimum atomic E-state index is -0.266. The predicted octanol–water partition coefficient (Wildman–Crippen LogP) is -0.315. The van der Waals surface area contributed by atoms with Crippen LogP contribution in [0.3, 0.4) is 0 Å². The zero-order valence-electron chi connectivity index (χ0n) is 6.70. The van der Waals surface area contributed by atoms with Crippen molar-refractivity contribution in [3.05, 3.63) is 24.5 Å². The van der Waals surface area contributed by atoms with Crippen molar-refractivity contribution < 1.29 is 5.11 Å². The van der Waals surface area contributed by atoms with Crippen molar-refractivity contribution in [2.45, 2.75) is 6.73 Å². The molecule has 66 valence electrons. The summed E-state index contributed by atoms with van der Waals surface area (Å²) in [6.07, 6.45) is 3.30. The zero-order valence-corrected chi connectivity index (χ0v) is 6.70. The zero-order chi connectivity index (χ0) is 9.10. The van der Waals surface area contributed by atoms with Gasteiger partial charge in [0.1, 0.15) is 0 Å². The molecule has 2 aromatic rings. The summed E-state index contributed by atoms with van der Waals surface area (Å²) >= 11 is 0. The Bertz CT molecular complexity index is 385. The van der Waals surface area contributed by atoms with E-state index in [4.69, 9.17) is 5.11 Å². The summed E-state index contributed by atoms with van der Waals surface area (Å²) in [5.41, 5.74) is 0.828. The van der Waals surface area contributed by atoms with E-state index >= 15 is 0 Å². The number of aromatic nitrogens is 5. The van der Waals surface area contributed by atoms with Crippen molar-refractivity contribution in [1.82, 2.24) is 25.2 Å². The van der Waals surface area contributed by atoms with Crippen LogP contribution in [0.4, 0.5) is 0 Å². The minimum Gasteiger partial charge on any atom is -0.373 e. The number of hydrogen-bond acceptors (Lipinski definition) is 5. The first-order chi connectivity index (χ1) is 6.40. The van der Waals surface area contributed by atoms with Crippen molar-refractivity contribution in [3.8, 4) is 11.4 Å². The Morgan fingerprint density at radius 3 is 2.69 bits per heavy atom. The molecule has 0 atom stereocenters. The summed E-state index contributed by atoms with van der Waals surface area (Å²) in [5, 5.41) is 20.0. The van der Waals surface area contributed by atoms with Gasteiger partial charge in [0.2, 0.25) is 5.82 Å². The molecule has 0 aliphatic heterocycles.